The molecule has 2 aromatic rings. The van der Waals surface area contributed by atoms with Crippen molar-refractivity contribution in [3.63, 3.8) is 0 Å². The first-order valence-electron chi connectivity index (χ1n) is 4.74. The van der Waals surface area contributed by atoms with E-state index < -0.39 is 0 Å². The predicted octanol–water partition coefficient (Wildman–Crippen LogP) is 4.08. The average molecular weight is 263 g/mol. The molecule has 0 aromatic heterocycles. The van der Waals surface area contributed by atoms with Gasteiger partial charge in [-0.2, -0.15) is 0 Å². The summed E-state index contributed by atoms with van der Waals surface area (Å²) in [6.07, 6.45) is 0. The van der Waals surface area contributed by atoms with Crippen molar-refractivity contribution < 1.29 is 4.74 Å². The second-order valence-corrected chi connectivity index (χ2v) is 3.60. The van der Waals surface area contributed by atoms with Crippen molar-refractivity contribution in [1.82, 2.24) is 0 Å². The lowest BCUT2D eigenvalue weighted by atomic mass is 10.1. The summed E-state index contributed by atoms with van der Waals surface area (Å²) >= 11 is 3.23. The summed E-state index contributed by atoms with van der Waals surface area (Å²) in [6, 6.07) is 18.4. The maximum absolute atomic E-state index is 5.31. The number of hydrogen-bond acceptors (Lipinski definition) is 1. The van der Waals surface area contributed by atoms with Crippen LogP contribution in [0.25, 0.3) is 11.1 Å². The number of halogens is 1. The lowest BCUT2D eigenvalue weighted by molar-refractivity contribution is 0.398. The summed E-state index contributed by atoms with van der Waals surface area (Å²) in [5, 5.41) is 0. The second-order valence-electron chi connectivity index (χ2n) is 3.14. The Kier molecular flexibility index (Phi) is 3.41. The molecule has 0 unspecified atom stereocenters. The summed E-state index contributed by atoms with van der Waals surface area (Å²) < 4.78 is 5.31. The first kappa shape index (κ1) is 10.2. The zero-order valence-electron chi connectivity index (χ0n) is 8.19. The molecular weight excluding hydrogens is 252 g/mol. The van der Waals surface area contributed by atoms with Crippen LogP contribution < -0.4 is 4.74 Å². The van der Waals surface area contributed by atoms with Crippen LogP contribution in [0.3, 0.4) is 0 Å². The maximum atomic E-state index is 5.31. The smallest absolute Gasteiger partial charge is 0.143 e. The normalized spacial score (nSPS) is 9.93. The van der Waals surface area contributed by atoms with Gasteiger partial charge < -0.3 is 4.74 Å². The molecule has 0 bridgehead atoms. The van der Waals surface area contributed by atoms with E-state index in [9.17, 15) is 0 Å². The third kappa shape index (κ3) is 2.60. The molecule has 2 aromatic carbocycles. The van der Waals surface area contributed by atoms with Crippen molar-refractivity contribution in [1.29, 1.82) is 0 Å². The van der Waals surface area contributed by atoms with E-state index in [4.69, 9.17) is 4.74 Å². The zero-order valence-corrected chi connectivity index (χ0v) is 9.78. The van der Waals surface area contributed by atoms with E-state index in [1.807, 2.05) is 30.3 Å². The van der Waals surface area contributed by atoms with Gasteiger partial charge in [0.2, 0.25) is 0 Å². The molecule has 2 heteroatoms. The van der Waals surface area contributed by atoms with Gasteiger partial charge in [-0.1, -0.05) is 42.5 Å². The van der Waals surface area contributed by atoms with Crippen molar-refractivity contribution in [2.45, 2.75) is 0 Å². The van der Waals surface area contributed by atoms with Gasteiger partial charge in [0, 0.05) is 0 Å². The SMILES string of the molecule is BrCOc1ccc(-c2ccccc2)cc1. The highest BCUT2D eigenvalue weighted by molar-refractivity contribution is 9.09. The minimum Gasteiger partial charge on any atom is -0.482 e. The van der Waals surface area contributed by atoms with E-state index in [1.54, 1.807) is 0 Å². The van der Waals surface area contributed by atoms with Gasteiger partial charge in [-0.3, -0.25) is 0 Å². The average Bonchev–Trinajstić information content (AvgIpc) is 2.32. The Balaban J connectivity index is 2.24. The minimum absolute atomic E-state index is 0.525. The van der Waals surface area contributed by atoms with Crippen LogP contribution in [0.2, 0.25) is 0 Å². The van der Waals surface area contributed by atoms with E-state index >= 15 is 0 Å². The predicted molar refractivity (Wildman–Crippen MR) is 66.3 cm³/mol. The van der Waals surface area contributed by atoms with Gasteiger partial charge >= 0.3 is 0 Å². The second kappa shape index (κ2) is 4.99. The van der Waals surface area contributed by atoms with Crippen LogP contribution in [0.4, 0.5) is 0 Å². The highest BCUT2D eigenvalue weighted by Gasteiger charge is 1.96. The Bertz CT molecular complexity index is 408. The van der Waals surface area contributed by atoms with Crippen LogP contribution in [0.5, 0.6) is 5.75 Å². The Morgan fingerprint density at radius 1 is 0.800 bits per heavy atom. The molecule has 0 fully saturated rings. The lowest BCUT2D eigenvalue weighted by Gasteiger charge is -2.04. The number of benzene rings is 2. The van der Waals surface area contributed by atoms with Crippen LogP contribution in [0.15, 0.2) is 54.6 Å². The highest BCUT2D eigenvalue weighted by Crippen LogP contribution is 2.22. The van der Waals surface area contributed by atoms with Gasteiger partial charge in [0.15, 0.2) is 0 Å². The number of ether oxygens (including phenoxy) is 1. The molecule has 0 aliphatic heterocycles. The fourth-order valence-electron chi connectivity index (χ4n) is 1.44. The van der Waals surface area contributed by atoms with Crippen LogP contribution in [0, 0.1) is 0 Å². The largest absolute Gasteiger partial charge is 0.482 e. The van der Waals surface area contributed by atoms with E-state index in [0.717, 1.165) is 5.75 Å². The van der Waals surface area contributed by atoms with Crippen LogP contribution in [0.1, 0.15) is 0 Å². The molecule has 76 valence electrons. The Morgan fingerprint density at radius 3 is 2.00 bits per heavy atom. The van der Waals surface area contributed by atoms with Crippen molar-refractivity contribution in [3.05, 3.63) is 54.6 Å². The third-order valence-corrected chi connectivity index (χ3v) is 2.41. The third-order valence-electron chi connectivity index (χ3n) is 2.18. The van der Waals surface area contributed by atoms with Gasteiger partial charge in [0.25, 0.3) is 0 Å². The van der Waals surface area contributed by atoms with E-state index in [1.165, 1.54) is 11.1 Å². The highest BCUT2D eigenvalue weighted by atomic mass is 79.9. The summed E-state index contributed by atoms with van der Waals surface area (Å²) in [5.74, 6) is 0.881. The lowest BCUT2D eigenvalue weighted by Crippen LogP contribution is -1.87. The molecule has 0 atom stereocenters. The van der Waals surface area contributed by atoms with E-state index in [0.29, 0.717) is 5.52 Å². The molecular formula is C13H11BrO. The van der Waals surface area contributed by atoms with Crippen LogP contribution in [-0.2, 0) is 0 Å². The van der Waals surface area contributed by atoms with Crippen LogP contribution in [-0.4, -0.2) is 5.52 Å². The van der Waals surface area contributed by atoms with Crippen molar-refractivity contribution in [3.8, 4) is 16.9 Å². The molecule has 0 spiro atoms. The quantitative estimate of drug-likeness (QED) is 0.758. The van der Waals surface area contributed by atoms with Crippen LogP contribution >= 0.6 is 15.9 Å². The molecule has 0 aliphatic rings. The fraction of sp³-hybridized carbons (Fsp3) is 0.0769. The summed E-state index contributed by atoms with van der Waals surface area (Å²) in [7, 11) is 0. The van der Waals surface area contributed by atoms with Gasteiger partial charge in [-0.25, -0.2) is 0 Å². The minimum atomic E-state index is 0.525. The maximum Gasteiger partial charge on any atom is 0.143 e. The van der Waals surface area contributed by atoms with E-state index in [-0.39, 0.29) is 0 Å². The molecule has 0 heterocycles. The molecule has 0 N–H and O–H groups in total. The van der Waals surface area contributed by atoms with Crippen molar-refractivity contribution >= 4 is 15.9 Å². The Morgan fingerprint density at radius 2 is 1.40 bits per heavy atom. The summed E-state index contributed by atoms with van der Waals surface area (Å²) in [5.41, 5.74) is 2.96. The Labute approximate surface area is 97.8 Å². The Hall–Kier alpha value is -1.28. The standard InChI is InChI=1S/C13H11BrO/c14-10-15-13-8-6-12(7-9-13)11-4-2-1-3-5-11/h1-9H,10H2. The summed E-state index contributed by atoms with van der Waals surface area (Å²) in [6.45, 7) is 0. The summed E-state index contributed by atoms with van der Waals surface area (Å²) in [4.78, 5) is 0. The molecule has 1 nitrogen and oxygen atoms in total. The van der Waals surface area contributed by atoms with Crippen molar-refractivity contribution in [2.75, 3.05) is 5.52 Å². The van der Waals surface area contributed by atoms with Crippen molar-refractivity contribution in [2.24, 2.45) is 0 Å². The van der Waals surface area contributed by atoms with Gasteiger partial charge in [0.1, 0.15) is 11.3 Å². The molecule has 0 radical (unpaired) electrons. The van der Waals surface area contributed by atoms with Gasteiger partial charge in [0.05, 0.1) is 0 Å². The molecule has 0 saturated heterocycles. The number of hydrogen-bond donors (Lipinski definition) is 0. The molecule has 15 heavy (non-hydrogen) atoms. The molecule has 0 amide bonds. The van der Waals surface area contributed by atoms with Gasteiger partial charge in [-0.15, -0.1) is 0 Å². The molecule has 0 saturated carbocycles. The number of rotatable bonds is 3. The molecule has 0 aliphatic carbocycles. The first-order valence-corrected chi connectivity index (χ1v) is 5.86. The zero-order chi connectivity index (χ0) is 10.5. The van der Waals surface area contributed by atoms with E-state index in [2.05, 4.69) is 40.2 Å². The fourth-order valence-corrected chi connectivity index (χ4v) is 1.70. The number of alkyl halides is 1. The molecule has 2 rings (SSSR count). The monoisotopic (exact) mass is 262 g/mol. The first-order chi connectivity index (χ1) is 7.40. The van der Waals surface area contributed by atoms with Gasteiger partial charge in [-0.05, 0) is 39.2 Å². The topological polar surface area (TPSA) is 9.23 Å².